The average molecular weight is 363 g/mol. The maximum atomic E-state index is 12.5. The summed E-state index contributed by atoms with van der Waals surface area (Å²) in [7, 11) is 0. The lowest BCUT2D eigenvalue weighted by molar-refractivity contribution is -0.274. The van der Waals surface area contributed by atoms with Crippen LogP contribution in [-0.4, -0.2) is 17.5 Å². The molecule has 3 aromatic rings. The Morgan fingerprint density at radius 3 is 2.54 bits per heavy atom. The van der Waals surface area contributed by atoms with E-state index in [9.17, 15) is 13.2 Å². The van der Waals surface area contributed by atoms with Gasteiger partial charge >= 0.3 is 6.36 Å². The van der Waals surface area contributed by atoms with Crippen molar-refractivity contribution in [2.24, 2.45) is 0 Å². The second kappa shape index (κ2) is 7.32. The SMILES string of the molecule is CCCCOc1cccc(-n2c(C)cc3ccc(OC(F)(F)F)cc32)c1. The van der Waals surface area contributed by atoms with Gasteiger partial charge in [-0.15, -0.1) is 13.2 Å². The molecule has 0 radical (unpaired) electrons. The summed E-state index contributed by atoms with van der Waals surface area (Å²) in [5.74, 6) is 0.500. The van der Waals surface area contributed by atoms with E-state index < -0.39 is 6.36 Å². The summed E-state index contributed by atoms with van der Waals surface area (Å²) in [5, 5.41) is 0.842. The number of aromatic nitrogens is 1. The second-order valence-electron chi connectivity index (χ2n) is 6.09. The molecule has 0 saturated carbocycles. The van der Waals surface area contributed by atoms with E-state index in [-0.39, 0.29) is 5.75 Å². The van der Waals surface area contributed by atoms with Gasteiger partial charge in [0.2, 0.25) is 0 Å². The minimum absolute atomic E-state index is 0.236. The first kappa shape index (κ1) is 18.2. The maximum absolute atomic E-state index is 12.5. The third kappa shape index (κ3) is 4.12. The van der Waals surface area contributed by atoms with Gasteiger partial charge in [-0.2, -0.15) is 0 Å². The van der Waals surface area contributed by atoms with E-state index in [1.807, 2.05) is 41.8 Å². The highest BCUT2D eigenvalue weighted by Gasteiger charge is 2.31. The Hall–Kier alpha value is -2.63. The zero-order chi connectivity index (χ0) is 18.7. The Bertz CT molecular complexity index is 900. The summed E-state index contributed by atoms with van der Waals surface area (Å²) in [4.78, 5) is 0. The lowest BCUT2D eigenvalue weighted by atomic mass is 10.2. The Balaban J connectivity index is 2.00. The summed E-state index contributed by atoms with van der Waals surface area (Å²) < 4.78 is 49.3. The average Bonchev–Trinajstić information content (AvgIpc) is 2.89. The van der Waals surface area contributed by atoms with Gasteiger partial charge in [0.1, 0.15) is 11.5 Å². The Kier molecular flexibility index (Phi) is 5.11. The number of fused-ring (bicyclic) bond motifs is 1. The summed E-state index contributed by atoms with van der Waals surface area (Å²) in [6, 6.07) is 13.8. The summed E-state index contributed by atoms with van der Waals surface area (Å²) in [6.07, 6.45) is -2.70. The number of hydrogen-bond acceptors (Lipinski definition) is 2. The largest absolute Gasteiger partial charge is 0.573 e. The fourth-order valence-corrected chi connectivity index (χ4v) is 2.91. The number of nitrogens with zero attached hydrogens (tertiary/aromatic N) is 1. The van der Waals surface area contributed by atoms with Gasteiger partial charge in [0.15, 0.2) is 0 Å². The molecule has 138 valence electrons. The molecule has 0 fully saturated rings. The van der Waals surface area contributed by atoms with Crippen molar-refractivity contribution in [2.45, 2.75) is 33.1 Å². The van der Waals surface area contributed by atoms with E-state index in [2.05, 4.69) is 11.7 Å². The number of hydrogen-bond donors (Lipinski definition) is 0. The van der Waals surface area contributed by atoms with Gasteiger partial charge < -0.3 is 14.0 Å². The van der Waals surface area contributed by atoms with Crippen LogP contribution < -0.4 is 9.47 Å². The molecule has 0 N–H and O–H groups in total. The molecule has 2 aromatic carbocycles. The van der Waals surface area contributed by atoms with Crippen molar-refractivity contribution in [3.05, 3.63) is 54.2 Å². The molecule has 0 spiro atoms. The van der Waals surface area contributed by atoms with Crippen molar-refractivity contribution in [3.63, 3.8) is 0 Å². The first-order valence-electron chi connectivity index (χ1n) is 8.48. The van der Waals surface area contributed by atoms with Crippen LogP contribution in [0.3, 0.4) is 0 Å². The fraction of sp³-hybridized carbons (Fsp3) is 0.300. The van der Waals surface area contributed by atoms with Crippen LogP contribution in [0.2, 0.25) is 0 Å². The smallest absolute Gasteiger partial charge is 0.494 e. The molecule has 3 nitrogen and oxygen atoms in total. The van der Waals surface area contributed by atoms with Crippen LogP contribution in [0, 0.1) is 6.92 Å². The monoisotopic (exact) mass is 363 g/mol. The number of ether oxygens (including phenoxy) is 2. The van der Waals surface area contributed by atoms with E-state index in [4.69, 9.17) is 4.74 Å². The van der Waals surface area contributed by atoms with Crippen LogP contribution in [-0.2, 0) is 0 Å². The van der Waals surface area contributed by atoms with Crippen LogP contribution in [0.1, 0.15) is 25.5 Å². The van der Waals surface area contributed by atoms with Crippen molar-refractivity contribution in [1.29, 1.82) is 0 Å². The van der Waals surface area contributed by atoms with Gasteiger partial charge in [0, 0.05) is 28.9 Å². The van der Waals surface area contributed by atoms with Crippen LogP contribution in [0.5, 0.6) is 11.5 Å². The van der Waals surface area contributed by atoms with Crippen molar-refractivity contribution in [1.82, 2.24) is 4.57 Å². The molecule has 1 aromatic heterocycles. The molecular weight excluding hydrogens is 343 g/mol. The molecule has 0 aliphatic rings. The zero-order valence-corrected chi connectivity index (χ0v) is 14.6. The second-order valence-corrected chi connectivity index (χ2v) is 6.09. The number of rotatable bonds is 6. The molecule has 6 heteroatoms. The normalized spacial score (nSPS) is 11.7. The van der Waals surface area contributed by atoms with Crippen molar-refractivity contribution < 1.29 is 22.6 Å². The molecule has 0 amide bonds. The van der Waals surface area contributed by atoms with Gasteiger partial charge in [-0.1, -0.05) is 19.4 Å². The highest BCUT2D eigenvalue weighted by Crippen LogP contribution is 2.31. The van der Waals surface area contributed by atoms with Crippen molar-refractivity contribution >= 4 is 10.9 Å². The molecule has 0 atom stereocenters. The molecule has 0 saturated heterocycles. The lowest BCUT2D eigenvalue weighted by Crippen LogP contribution is -2.17. The number of alkyl halides is 3. The molecule has 0 unspecified atom stereocenters. The quantitative estimate of drug-likeness (QED) is 0.500. The van der Waals surface area contributed by atoms with Crippen LogP contribution in [0.25, 0.3) is 16.6 Å². The summed E-state index contributed by atoms with van der Waals surface area (Å²) >= 11 is 0. The number of benzene rings is 2. The van der Waals surface area contributed by atoms with Gasteiger partial charge in [0.05, 0.1) is 12.1 Å². The molecular formula is C20H20F3NO2. The maximum Gasteiger partial charge on any atom is 0.573 e. The predicted molar refractivity (Wildman–Crippen MR) is 95.1 cm³/mol. The first-order valence-corrected chi connectivity index (χ1v) is 8.48. The van der Waals surface area contributed by atoms with E-state index in [0.717, 1.165) is 35.4 Å². The molecule has 0 aliphatic carbocycles. The fourth-order valence-electron chi connectivity index (χ4n) is 2.91. The van der Waals surface area contributed by atoms with Gasteiger partial charge in [-0.3, -0.25) is 0 Å². The molecule has 0 bridgehead atoms. The molecule has 1 heterocycles. The highest BCUT2D eigenvalue weighted by molar-refractivity contribution is 5.84. The molecule has 0 aliphatic heterocycles. The minimum Gasteiger partial charge on any atom is -0.494 e. The summed E-state index contributed by atoms with van der Waals surface area (Å²) in [5.41, 5.74) is 2.39. The third-order valence-corrected chi connectivity index (χ3v) is 4.04. The predicted octanol–water partition coefficient (Wildman–Crippen LogP) is 6.02. The number of unbranched alkanes of at least 4 members (excludes halogenated alkanes) is 1. The highest BCUT2D eigenvalue weighted by atomic mass is 19.4. The van der Waals surface area contributed by atoms with E-state index in [0.29, 0.717) is 12.1 Å². The molecule has 3 rings (SSSR count). The molecule has 26 heavy (non-hydrogen) atoms. The van der Waals surface area contributed by atoms with Crippen molar-refractivity contribution in [2.75, 3.05) is 6.61 Å². The summed E-state index contributed by atoms with van der Waals surface area (Å²) in [6.45, 7) is 4.64. The van der Waals surface area contributed by atoms with Gasteiger partial charge in [0.25, 0.3) is 0 Å². The number of halogens is 3. The van der Waals surface area contributed by atoms with E-state index >= 15 is 0 Å². The van der Waals surface area contributed by atoms with E-state index in [1.165, 1.54) is 12.1 Å². The topological polar surface area (TPSA) is 23.4 Å². The van der Waals surface area contributed by atoms with Crippen molar-refractivity contribution in [3.8, 4) is 17.2 Å². The standard InChI is InChI=1S/C20H20F3NO2/c1-3-4-10-25-17-7-5-6-16(12-17)24-14(2)11-15-8-9-18(13-19(15)24)26-20(21,22)23/h5-9,11-13H,3-4,10H2,1-2H3. The first-order chi connectivity index (χ1) is 12.4. The van der Waals surface area contributed by atoms with Gasteiger partial charge in [-0.25, -0.2) is 0 Å². The van der Waals surface area contributed by atoms with Crippen LogP contribution in [0.15, 0.2) is 48.5 Å². The minimum atomic E-state index is -4.72. The Labute approximate surface area is 150 Å². The Morgan fingerprint density at radius 1 is 1.00 bits per heavy atom. The number of aryl methyl sites for hydroxylation is 1. The van der Waals surface area contributed by atoms with Crippen LogP contribution in [0.4, 0.5) is 13.2 Å². The lowest BCUT2D eigenvalue weighted by Gasteiger charge is -2.13. The zero-order valence-electron chi connectivity index (χ0n) is 14.6. The Morgan fingerprint density at radius 2 is 1.81 bits per heavy atom. The van der Waals surface area contributed by atoms with Gasteiger partial charge in [-0.05, 0) is 43.7 Å². The third-order valence-electron chi connectivity index (χ3n) is 4.04. The van der Waals surface area contributed by atoms with E-state index in [1.54, 1.807) is 6.07 Å². The van der Waals surface area contributed by atoms with Crippen LogP contribution >= 0.6 is 0 Å².